The summed E-state index contributed by atoms with van der Waals surface area (Å²) >= 11 is 5.73. The Balaban J connectivity index is 2.20. The van der Waals surface area contributed by atoms with Crippen LogP contribution in [-0.4, -0.2) is 18.6 Å². The Labute approximate surface area is 127 Å². The summed E-state index contributed by atoms with van der Waals surface area (Å²) in [7, 11) is -3.92. The van der Waals surface area contributed by atoms with Crippen LogP contribution in [0.15, 0.2) is 48.5 Å². The van der Waals surface area contributed by atoms with Gasteiger partial charge in [0.2, 0.25) is 0 Å². The highest BCUT2D eigenvalue weighted by Gasteiger charge is 2.18. The zero-order valence-electron chi connectivity index (χ0n) is 10.8. The van der Waals surface area contributed by atoms with Gasteiger partial charge in [0.15, 0.2) is 12.0 Å². The largest absolute Gasteiger partial charge is 0.382 e. The zero-order valence-corrected chi connectivity index (χ0v) is 12.4. The van der Waals surface area contributed by atoms with Crippen molar-refractivity contribution in [3.63, 3.8) is 0 Å². The Kier molecular flexibility index (Phi) is 4.84. The van der Waals surface area contributed by atoms with Crippen molar-refractivity contribution in [1.29, 1.82) is 0 Å². The van der Waals surface area contributed by atoms with Crippen LogP contribution in [0.5, 0.6) is 5.75 Å². The Morgan fingerprint density at radius 1 is 1.05 bits per heavy atom. The standard InChI is InChI=1S/C14H13ClO5S/c15-11-7-5-10(6-8-11)9-21(18,19)20-13-4-2-1-3-12(13)14(16)17/h1-8,14,16-17H,9H2. The molecular weight excluding hydrogens is 316 g/mol. The molecule has 5 nitrogen and oxygen atoms in total. The van der Waals surface area contributed by atoms with E-state index in [0.29, 0.717) is 10.6 Å². The summed E-state index contributed by atoms with van der Waals surface area (Å²) in [5.41, 5.74) is 0.499. The van der Waals surface area contributed by atoms with E-state index in [0.717, 1.165) is 0 Å². The second-order valence-corrected chi connectivity index (χ2v) is 6.33. The molecule has 0 saturated carbocycles. The van der Waals surface area contributed by atoms with Gasteiger partial charge in [-0.1, -0.05) is 41.9 Å². The molecule has 0 bridgehead atoms. The molecule has 2 rings (SSSR count). The molecule has 0 unspecified atom stereocenters. The van der Waals surface area contributed by atoms with E-state index in [4.69, 9.17) is 15.8 Å². The van der Waals surface area contributed by atoms with Gasteiger partial charge in [0.05, 0.1) is 5.56 Å². The van der Waals surface area contributed by atoms with Gasteiger partial charge in [0.25, 0.3) is 0 Å². The first-order valence-electron chi connectivity index (χ1n) is 5.99. The highest BCUT2D eigenvalue weighted by molar-refractivity contribution is 7.86. The Morgan fingerprint density at radius 3 is 2.29 bits per heavy atom. The summed E-state index contributed by atoms with van der Waals surface area (Å²) in [6, 6.07) is 12.1. The molecule has 0 heterocycles. The summed E-state index contributed by atoms with van der Waals surface area (Å²) in [4.78, 5) is 0. The number of halogens is 1. The van der Waals surface area contributed by atoms with E-state index in [1.807, 2.05) is 0 Å². The molecule has 21 heavy (non-hydrogen) atoms. The number of hydrogen-bond donors (Lipinski definition) is 2. The summed E-state index contributed by atoms with van der Waals surface area (Å²) in [5, 5.41) is 18.9. The predicted molar refractivity (Wildman–Crippen MR) is 78.3 cm³/mol. The van der Waals surface area contributed by atoms with E-state index < -0.39 is 16.4 Å². The van der Waals surface area contributed by atoms with E-state index in [9.17, 15) is 18.6 Å². The fraction of sp³-hybridized carbons (Fsp3) is 0.143. The molecule has 0 aromatic heterocycles. The van der Waals surface area contributed by atoms with Crippen LogP contribution < -0.4 is 4.18 Å². The minimum Gasteiger partial charge on any atom is -0.382 e. The molecule has 0 radical (unpaired) electrons. The molecule has 0 aliphatic heterocycles. The highest BCUT2D eigenvalue weighted by Crippen LogP contribution is 2.25. The van der Waals surface area contributed by atoms with Crippen LogP contribution in [0.2, 0.25) is 5.02 Å². The molecule has 0 spiro atoms. The molecule has 0 aliphatic carbocycles. The molecule has 7 heteroatoms. The van der Waals surface area contributed by atoms with Crippen molar-refractivity contribution in [3.05, 3.63) is 64.7 Å². The minimum absolute atomic E-state index is 0.0165. The van der Waals surface area contributed by atoms with E-state index in [2.05, 4.69) is 0 Å². The van der Waals surface area contributed by atoms with Crippen LogP contribution in [-0.2, 0) is 15.9 Å². The maximum Gasteiger partial charge on any atom is 0.313 e. The smallest absolute Gasteiger partial charge is 0.313 e. The highest BCUT2D eigenvalue weighted by atomic mass is 35.5. The van der Waals surface area contributed by atoms with Gasteiger partial charge in [-0.2, -0.15) is 8.42 Å². The van der Waals surface area contributed by atoms with Gasteiger partial charge in [0, 0.05) is 5.02 Å². The third-order valence-electron chi connectivity index (χ3n) is 2.67. The van der Waals surface area contributed by atoms with Crippen molar-refractivity contribution in [2.75, 3.05) is 0 Å². The lowest BCUT2D eigenvalue weighted by atomic mass is 10.2. The lowest BCUT2D eigenvalue weighted by Crippen LogP contribution is -2.14. The van der Waals surface area contributed by atoms with Crippen LogP contribution in [0.4, 0.5) is 0 Å². The second-order valence-electron chi connectivity index (χ2n) is 4.32. The average Bonchev–Trinajstić information content (AvgIpc) is 2.41. The minimum atomic E-state index is -3.92. The molecule has 112 valence electrons. The maximum absolute atomic E-state index is 12.0. The molecular formula is C14H13ClO5S. The Morgan fingerprint density at radius 2 is 1.67 bits per heavy atom. The van der Waals surface area contributed by atoms with E-state index in [-0.39, 0.29) is 17.1 Å². The lowest BCUT2D eigenvalue weighted by molar-refractivity contribution is -0.0433. The summed E-state index contributed by atoms with van der Waals surface area (Å²) in [6.45, 7) is 0. The number of rotatable bonds is 5. The number of para-hydroxylation sites is 1. The van der Waals surface area contributed by atoms with Crippen LogP contribution >= 0.6 is 11.6 Å². The second kappa shape index (κ2) is 6.44. The molecule has 0 atom stereocenters. The van der Waals surface area contributed by atoms with Gasteiger partial charge < -0.3 is 14.4 Å². The third kappa shape index (κ3) is 4.44. The van der Waals surface area contributed by atoms with Crippen LogP contribution in [0.3, 0.4) is 0 Å². The Bertz CT molecular complexity index is 710. The molecule has 0 aliphatic rings. The molecule has 0 amide bonds. The van der Waals surface area contributed by atoms with Crippen molar-refractivity contribution in [2.24, 2.45) is 0 Å². The Hall–Kier alpha value is -1.60. The van der Waals surface area contributed by atoms with E-state index >= 15 is 0 Å². The molecule has 2 aromatic rings. The number of benzene rings is 2. The normalized spacial score (nSPS) is 11.6. The average molecular weight is 329 g/mol. The fourth-order valence-corrected chi connectivity index (χ4v) is 2.93. The van der Waals surface area contributed by atoms with Crippen molar-refractivity contribution >= 4 is 21.7 Å². The van der Waals surface area contributed by atoms with Crippen LogP contribution in [0.25, 0.3) is 0 Å². The van der Waals surface area contributed by atoms with Gasteiger partial charge in [-0.3, -0.25) is 0 Å². The van der Waals surface area contributed by atoms with Crippen molar-refractivity contribution < 1.29 is 22.8 Å². The maximum atomic E-state index is 12.0. The quantitative estimate of drug-likeness (QED) is 0.649. The molecule has 0 fully saturated rings. The van der Waals surface area contributed by atoms with Gasteiger partial charge >= 0.3 is 10.1 Å². The van der Waals surface area contributed by atoms with Crippen molar-refractivity contribution in [2.45, 2.75) is 12.0 Å². The number of hydrogen-bond acceptors (Lipinski definition) is 5. The van der Waals surface area contributed by atoms with E-state index in [1.54, 1.807) is 36.4 Å². The zero-order chi connectivity index (χ0) is 15.5. The van der Waals surface area contributed by atoms with Crippen molar-refractivity contribution in [1.82, 2.24) is 0 Å². The third-order valence-corrected chi connectivity index (χ3v) is 4.04. The monoisotopic (exact) mass is 328 g/mol. The summed E-state index contributed by atoms with van der Waals surface area (Å²) in [6.07, 6.45) is -1.81. The lowest BCUT2D eigenvalue weighted by Gasteiger charge is -2.12. The summed E-state index contributed by atoms with van der Waals surface area (Å²) in [5.74, 6) is -0.457. The number of aliphatic hydroxyl groups is 2. The molecule has 2 N–H and O–H groups in total. The van der Waals surface area contributed by atoms with E-state index in [1.165, 1.54) is 12.1 Å². The first-order valence-corrected chi connectivity index (χ1v) is 7.94. The van der Waals surface area contributed by atoms with Gasteiger partial charge in [-0.05, 0) is 23.8 Å². The number of aliphatic hydroxyl groups excluding tert-OH is 1. The topological polar surface area (TPSA) is 83.8 Å². The summed E-state index contributed by atoms with van der Waals surface area (Å²) < 4.78 is 29.0. The van der Waals surface area contributed by atoms with Gasteiger partial charge in [-0.25, -0.2) is 0 Å². The predicted octanol–water partition coefficient (Wildman–Crippen LogP) is 2.23. The van der Waals surface area contributed by atoms with Crippen LogP contribution in [0.1, 0.15) is 17.4 Å². The first-order chi connectivity index (χ1) is 9.87. The van der Waals surface area contributed by atoms with Gasteiger partial charge in [0.1, 0.15) is 5.75 Å². The molecule has 0 saturated heterocycles. The molecule has 2 aromatic carbocycles. The van der Waals surface area contributed by atoms with Gasteiger partial charge in [-0.15, -0.1) is 0 Å². The first kappa shape index (κ1) is 15.8. The fourth-order valence-electron chi connectivity index (χ4n) is 1.72. The van der Waals surface area contributed by atoms with Crippen LogP contribution in [0, 0.1) is 0 Å². The van der Waals surface area contributed by atoms with Crippen molar-refractivity contribution in [3.8, 4) is 5.75 Å². The SMILES string of the molecule is O=S(=O)(Cc1ccc(Cl)cc1)Oc1ccccc1C(O)O.